The van der Waals surface area contributed by atoms with Crippen LogP contribution >= 0.6 is 0 Å². The molecule has 0 aliphatic heterocycles. The highest BCUT2D eigenvalue weighted by molar-refractivity contribution is 5.77. The van der Waals surface area contributed by atoms with Gasteiger partial charge in [0.2, 0.25) is 11.8 Å². The van der Waals surface area contributed by atoms with Crippen molar-refractivity contribution in [3.63, 3.8) is 0 Å². The summed E-state index contributed by atoms with van der Waals surface area (Å²) in [6.07, 6.45) is 2.11. The Morgan fingerprint density at radius 3 is 1.78 bits per heavy atom. The van der Waals surface area contributed by atoms with Crippen LogP contribution in [0.15, 0.2) is 60.7 Å². The molecule has 0 fully saturated rings. The largest absolute Gasteiger partial charge is 0.355 e. The molecule has 32 heavy (non-hydrogen) atoms. The van der Waals surface area contributed by atoms with Gasteiger partial charge in [-0.05, 0) is 41.8 Å². The normalized spacial score (nSPS) is 13.2. The molecule has 2 aromatic carbocycles. The Morgan fingerprint density at radius 1 is 0.812 bits per heavy atom. The van der Waals surface area contributed by atoms with E-state index in [1.54, 1.807) is 0 Å². The van der Waals surface area contributed by atoms with Crippen molar-refractivity contribution in [2.75, 3.05) is 19.6 Å². The zero-order chi connectivity index (χ0) is 23.4. The van der Waals surface area contributed by atoms with Crippen molar-refractivity contribution >= 4 is 11.8 Å². The molecule has 174 valence electrons. The molecule has 0 aliphatic carbocycles. The van der Waals surface area contributed by atoms with Crippen LogP contribution in [0.25, 0.3) is 0 Å². The predicted molar refractivity (Wildman–Crippen MR) is 130 cm³/mol. The number of hydrogen-bond acceptors (Lipinski definition) is 4. The van der Waals surface area contributed by atoms with Gasteiger partial charge in [0, 0.05) is 32.0 Å². The Hall–Kier alpha value is -2.70. The van der Waals surface area contributed by atoms with E-state index >= 15 is 0 Å². The Balaban J connectivity index is 1.69. The number of nitrogens with two attached hydrogens (primary N) is 2. The number of benzene rings is 2. The maximum atomic E-state index is 12.4. The van der Waals surface area contributed by atoms with Crippen LogP contribution in [0.1, 0.15) is 37.8 Å². The molecule has 0 aromatic heterocycles. The summed E-state index contributed by atoms with van der Waals surface area (Å²) in [5.74, 6) is 0.0193. The monoisotopic (exact) mass is 438 g/mol. The Bertz CT molecular complexity index is 824. The van der Waals surface area contributed by atoms with Crippen LogP contribution < -0.4 is 22.1 Å². The fraction of sp³-hybridized carbons (Fsp3) is 0.462. The zero-order valence-electron chi connectivity index (χ0n) is 19.3. The van der Waals surface area contributed by atoms with Crippen LogP contribution in [-0.4, -0.2) is 37.5 Å². The Morgan fingerprint density at radius 2 is 1.28 bits per heavy atom. The van der Waals surface area contributed by atoms with Crippen LogP contribution in [-0.2, 0) is 22.4 Å². The van der Waals surface area contributed by atoms with E-state index in [1.807, 2.05) is 62.4 Å². The van der Waals surface area contributed by atoms with Gasteiger partial charge in [-0.1, -0.05) is 74.5 Å². The lowest BCUT2D eigenvalue weighted by Crippen LogP contribution is -2.43. The molecule has 2 aromatic rings. The van der Waals surface area contributed by atoms with Gasteiger partial charge < -0.3 is 22.1 Å². The highest BCUT2D eigenvalue weighted by Gasteiger charge is 2.22. The first-order valence-electron chi connectivity index (χ1n) is 11.3. The first kappa shape index (κ1) is 25.6. The zero-order valence-corrected chi connectivity index (χ0v) is 19.3. The van der Waals surface area contributed by atoms with E-state index in [-0.39, 0.29) is 35.6 Å². The average molecular weight is 439 g/mol. The maximum Gasteiger partial charge on any atom is 0.221 e. The number of hydrogen-bond donors (Lipinski definition) is 4. The van der Waals surface area contributed by atoms with Crippen LogP contribution in [0.2, 0.25) is 0 Å². The van der Waals surface area contributed by atoms with Gasteiger partial charge in [-0.25, -0.2) is 0 Å². The molecule has 0 spiro atoms. The van der Waals surface area contributed by atoms with Crippen LogP contribution in [0.4, 0.5) is 0 Å². The first-order chi connectivity index (χ1) is 15.3. The highest BCUT2D eigenvalue weighted by atomic mass is 16.2. The van der Waals surface area contributed by atoms with Crippen LogP contribution in [0.3, 0.4) is 0 Å². The number of amides is 2. The number of carbonyl (C=O) groups is 2. The van der Waals surface area contributed by atoms with E-state index in [0.29, 0.717) is 32.5 Å². The van der Waals surface area contributed by atoms with E-state index in [9.17, 15) is 9.59 Å². The molecule has 0 heterocycles. The third-order valence-electron chi connectivity index (χ3n) is 5.49. The minimum absolute atomic E-state index is 0.0133. The second kappa shape index (κ2) is 13.0. The molecule has 2 rings (SSSR count). The molecule has 0 unspecified atom stereocenters. The lowest BCUT2D eigenvalue weighted by atomic mass is 9.92. The molecule has 0 bridgehead atoms. The molecular formula is C26H38N4O2. The summed E-state index contributed by atoms with van der Waals surface area (Å²) < 4.78 is 0. The summed E-state index contributed by atoms with van der Waals surface area (Å²) in [7, 11) is 0. The first-order valence-corrected chi connectivity index (χ1v) is 11.3. The second-order valence-electron chi connectivity index (χ2n) is 9.37. The molecule has 0 aliphatic rings. The smallest absolute Gasteiger partial charge is 0.221 e. The predicted octanol–water partition coefficient (Wildman–Crippen LogP) is 2.41. The quantitative estimate of drug-likeness (QED) is 0.385. The Labute approximate surface area is 192 Å². The minimum atomic E-state index is -0.271. The summed E-state index contributed by atoms with van der Waals surface area (Å²) >= 11 is 0. The van der Waals surface area contributed by atoms with Gasteiger partial charge in [0.1, 0.15) is 0 Å². The maximum absolute atomic E-state index is 12.4. The van der Waals surface area contributed by atoms with Gasteiger partial charge in [-0.2, -0.15) is 0 Å². The topological polar surface area (TPSA) is 110 Å². The molecule has 0 radical (unpaired) electrons. The molecule has 0 saturated carbocycles. The van der Waals surface area contributed by atoms with E-state index in [4.69, 9.17) is 11.5 Å². The van der Waals surface area contributed by atoms with E-state index in [0.717, 1.165) is 12.0 Å². The summed E-state index contributed by atoms with van der Waals surface area (Å²) in [5, 5.41) is 5.96. The SMILES string of the molecule is CC(C)(CNC(=O)C[C@H](N)Cc1ccccc1)CNC(=O)C[C@H](CN)Cc1ccccc1. The fourth-order valence-electron chi connectivity index (χ4n) is 3.56. The van der Waals surface area contributed by atoms with Crippen molar-refractivity contribution in [1.29, 1.82) is 0 Å². The third kappa shape index (κ3) is 10.1. The fourth-order valence-corrected chi connectivity index (χ4v) is 3.56. The number of carbonyl (C=O) groups excluding carboxylic acids is 2. The van der Waals surface area contributed by atoms with Crippen molar-refractivity contribution in [3.8, 4) is 0 Å². The summed E-state index contributed by atoms with van der Waals surface area (Å²) in [5.41, 5.74) is 14.1. The number of rotatable bonds is 13. The van der Waals surface area contributed by atoms with Gasteiger partial charge in [-0.15, -0.1) is 0 Å². The molecule has 6 N–H and O–H groups in total. The summed E-state index contributed by atoms with van der Waals surface area (Å²) in [6.45, 7) is 5.44. The minimum Gasteiger partial charge on any atom is -0.355 e. The molecule has 2 atom stereocenters. The van der Waals surface area contributed by atoms with Gasteiger partial charge in [0.25, 0.3) is 0 Å². The van der Waals surface area contributed by atoms with E-state index in [2.05, 4.69) is 22.8 Å². The molecule has 6 heteroatoms. The van der Waals surface area contributed by atoms with E-state index in [1.165, 1.54) is 5.56 Å². The highest BCUT2D eigenvalue weighted by Crippen LogP contribution is 2.14. The molecule has 6 nitrogen and oxygen atoms in total. The standard InChI is InChI=1S/C26H38N4O2/c1-26(2,19-30-25(32)16-23(28)14-21-11-7-4-8-12-21)18-29-24(31)15-22(17-27)13-20-9-5-3-6-10-20/h3-12,22-23H,13-19,27-28H2,1-2H3,(H,29,31)(H,30,32)/t22-,23-/m1/s1. The molecule has 0 saturated heterocycles. The van der Waals surface area contributed by atoms with Crippen molar-refractivity contribution in [2.24, 2.45) is 22.8 Å². The molecular weight excluding hydrogens is 400 g/mol. The van der Waals surface area contributed by atoms with E-state index < -0.39 is 0 Å². The molecule has 2 amide bonds. The van der Waals surface area contributed by atoms with Gasteiger partial charge >= 0.3 is 0 Å². The summed E-state index contributed by atoms with van der Waals surface area (Å²) in [4.78, 5) is 24.7. The third-order valence-corrected chi connectivity index (χ3v) is 5.49. The van der Waals surface area contributed by atoms with Crippen LogP contribution in [0, 0.1) is 11.3 Å². The lowest BCUT2D eigenvalue weighted by molar-refractivity contribution is -0.122. The average Bonchev–Trinajstić information content (AvgIpc) is 2.77. The van der Waals surface area contributed by atoms with Gasteiger partial charge in [0.15, 0.2) is 0 Å². The summed E-state index contributed by atoms with van der Waals surface area (Å²) in [6, 6.07) is 19.8. The van der Waals surface area contributed by atoms with Crippen molar-refractivity contribution < 1.29 is 9.59 Å². The van der Waals surface area contributed by atoms with Gasteiger partial charge in [0.05, 0.1) is 0 Å². The number of nitrogens with one attached hydrogen (secondary N) is 2. The van der Waals surface area contributed by atoms with Crippen molar-refractivity contribution in [1.82, 2.24) is 10.6 Å². The second-order valence-corrected chi connectivity index (χ2v) is 9.37. The van der Waals surface area contributed by atoms with Gasteiger partial charge in [-0.3, -0.25) is 9.59 Å². The Kier molecular flexibility index (Phi) is 10.4. The van der Waals surface area contributed by atoms with Crippen molar-refractivity contribution in [2.45, 2.75) is 45.6 Å². The van der Waals surface area contributed by atoms with Crippen molar-refractivity contribution in [3.05, 3.63) is 71.8 Å². The lowest BCUT2D eigenvalue weighted by Gasteiger charge is -2.26. The van der Waals surface area contributed by atoms with Crippen LogP contribution in [0.5, 0.6) is 0 Å².